The molecule has 3 atom stereocenters. The molecule has 17 heteroatoms. The largest absolute Gasteiger partial charge is 0.472 e. The lowest BCUT2D eigenvalue weighted by Crippen LogP contribution is -2.10. The summed E-state index contributed by atoms with van der Waals surface area (Å²) in [6, 6.07) is 2.43. The van der Waals surface area contributed by atoms with Crippen molar-refractivity contribution in [3.05, 3.63) is 30.1 Å². The molecular weight excluding hydrogens is 437 g/mol. The van der Waals surface area contributed by atoms with Crippen molar-refractivity contribution < 1.29 is 47.8 Å². The predicted octanol–water partition coefficient (Wildman–Crippen LogP) is 8.17. The van der Waals surface area contributed by atoms with Crippen LogP contribution in [0.25, 0.3) is 0 Å². The number of hydrogen-bond acceptors (Lipinski definition) is 4. The molecule has 0 aromatic heterocycles. The van der Waals surface area contributed by atoms with Gasteiger partial charge in [0.15, 0.2) is 0 Å². The van der Waals surface area contributed by atoms with E-state index in [1.165, 1.54) is 4.52 Å². The molecule has 0 bridgehead atoms. The minimum Gasteiger partial charge on any atom is -0.419 e. The lowest BCUT2D eigenvalue weighted by Gasteiger charge is -2.26. The molecule has 0 amide bonds. The Balaban J connectivity index is 2.71. The van der Waals surface area contributed by atoms with Crippen molar-refractivity contribution >= 4 is 22.8 Å². The standard InChI is InChI=1S/C8H4F10N3OP3/c9-5-1-3-6(4-2-5)22-25(18)20-23(16,7(10,11)12)19-24(17,21-25)8(13,14)15/h1-4H. The van der Waals surface area contributed by atoms with Crippen LogP contribution in [0.3, 0.4) is 0 Å². The van der Waals surface area contributed by atoms with Crippen molar-refractivity contribution in [2.45, 2.75) is 11.8 Å². The lowest BCUT2D eigenvalue weighted by atomic mass is 10.3. The fourth-order valence-electron chi connectivity index (χ4n) is 1.37. The Morgan fingerprint density at radius 2 is 1.16 bits per heavy atom. The zero-order chi connectivity index (χ0) is 19.3. The molecule has 2 rings (SSSR count). The summed E-state index contributed by atoms with van der Waals surface area (Å²) in [5, 5.41) is 0. The van der Waals surface area contributed by atoms with Gasteiger partial charge in [0.05, 0.1) is 0 Å². The highest BCUT2D eigenvalue weighted by atomic mass is 31.3. The summed E-state index contributed by atoms with van der Waals surface area (Å²) in [6.45, 7) is 0. The quantitative estimate of drug-likeness (QED) is 0.337. The molecule has 142 valence electrons. The van der Waals surface area contributed by atoms with Crippen molar-refractivity contribution in [1.82, 2.24) is 0 Å². The normalized spacial score (nSPS) is 33.0. The minimum atomic E-state index is -6.95. The second-order valence-corrected chi connectivity index (χ2v) is 10.7. The highest BCUT2D eigenvalue weighted by Gasteiger charge is 2.62. The van der Waals surface area contributed by atoms with Crippen molar-refractivity contribution in [1.29, 1.82) is 0 Å². The Bertz CT molecular complexity index is 823. The van der Waals surface area contributed by atoms with Crippen molar-refractivity contribution in [3.8, 4) is 5.75 Å². The summed E-state index contributed by atoms with van der Waals surface area (Å²) in [4.78, 5) is 0. The molecule has 1 aromatic rings. The Hall–Kier alpha value is -0.990. The number of halogens is 10. The molecule has 0 aliphatic carbocycles. The van der Waals surface area contributed by atoms with E-state index in [1.807, 2.05) is 9.03 Å². The molecule has 0 spiro atoms. The van der Waals surface area contributed by atoms with E-state index >= 15 is 0 Å². The van der Waals surface area contributed by atoms with E-state index in [4.69, 9.17) is 0 Å². The zero-order valence-electron chi connectivity index (χ0n) is 11.2. The first-order valence-corrected chi connectivity index (χ1v) is 10.4. The monoisotopic (exact) mass is 441 g/mol. The van der Waals surface area contributed by atoms with E-state index in [1.54, 1.807) is 0 Å². The van der Waals surface area contributed by atoms with Gasteiger partial charge in [0.1, 0.15) is 11.6 Å². The number of rotatable bonds is 2. The highest BCUT2D eigenvalue weighted by molar-refractivity contribution is 7.81. The second-order valence-electron chi connectivity index (χ2n) is 4.27. The van der Waals surface area contributed by atoms with Crippen LogP contribution in [0.1, 0.15) is 0 Å². The average Bonchev–Trinajstić information content (AvgIpc) is 2.37. The summed E-state index contributed by atoms with van der Waals surface area (Å²) >= 11 is 0. The predicted molar refractivity (Wildman–Crippen MR) is 70.5 cm³/mol. The van der Waals surface area contributed by atoms with Gasteiger partial charge in [-0.3, -0.25) is 0 Å². The first-order chi connectivity index (χ1) is 11.1. The Kier molecular flexibility index (Phi) is 4.90. The molecule has 4 nitrogen and oxygen atoms in total. The maximum absolute atomic E-state index is 14.4. The molecule has 1 aliphatic heterocycles. The maximum atomic E-state index is 14.4. The summed E-state index contributed by atoms with van der Waals surface area (Å²) < 4.78 is 140. The Morgan fingerprint density at radius 1 is 0.720 bits per heavy atom. The first-order valence-electron chi connectivity index (χ1n) is 5.69. The summed E-state index contributed by atoms with van der Waals surface area (Å²) in [5.41, 5.74) is 0. The van der Waals surface area contributed by atoms with E-state index in [9.17, 15) is 43.3 Å². The van der Waals surface area contributed by atoms with Crippen LogP contribution in [0.5, 0.6) is 5.75 Å². The molecule has 0 saturated heterocycles. The van der Waals surface area contributed by atoms with Crippen LogP contribution >= 0.6 is 22.8 Å². The molecule has 1 heterocycles. The fourth-order valence-corrected chi connectivity index (χ4v) is 8.67. The van der Waals surface area contributed by atoms with Gasteiger partial charge in [-0.1, -0.05) is 0 Å². The summed E-state index contributed by atoms with van der Waals surface area (Å²) in [5.74, 6) is -14.1. The Labute approximate surface area is 133 Å². The van der Waals surface area contributed by atoms with E-state index in [-0.39, 0.29) is 0 Å². The second kappa shape index (κ2) is 6.03. The highest BCUT2D eigenvalue weighted by Crippen LogP contribution is 2.87. The molecule has 1 aromatic carbocycles. The van der Waals surface area contributed by atoms with Gasteiger partial charge in [-0.25, -0.2) is 4.39 Å². The van der Waals surface area contributed by atoms with Crippen molar-refractivity contribution in [3.63, 3.8) is 0 Å². The molecular formula is C8H4F10N3OP3. The Morgan fingerprint density at radius 3 is 1.60 bits per heavy atom. The van der Waals surface area contributed by atoms with Crippen molar-refractivity contribution in [2.24, 2.45) is 13.5 Å². The third-order valence-corrected chi connectivity index (χ3v) is 9.67. The van der Waals surface area contributed by atoms with E-state index in [2.05, 4.69) is 4.52 Å². The lowest BCUT2D eigenvalue weighted by molar-refractivity contribution is -0.0488. The number of hydrogen-bond donors (Lipinski definition) is 0. The van der Waals surface area contributed by atoms with Crippen molar-refractivity contribution in [2.75, 3.05) is 0 Å². The van der Waals surface area contributed by atoms with Crippen LogP contribution in [-0.4, -0.2) is 11.8 Å². The van der Waals surface area contributed by atoms with Crippen LogP contribution in [0.4, 0.5) is 43.3 Å². The van der Waals surface area contributed by atoms with Gasteiger partial charge >= 0.3 is 34.6 Å². The van der Waals surface area contributed by atoms with Gasteiger partial charge in [0.25, 0.3) is 0 Å². The van der Waals surface area contributed by atoms with Crippen LogP contribution < -0.4 is 4.52 Å². The van der Waals surface area contributed by atoms with Crippen LogP contribution in [0, 0.1) is 5.82 Å². The number of nitrogens with zero attached hydrogens (tertiary/aromatic N) is 3. The molecule has 0 fully saturated rings. The van der Waals surface area contributed by atoms with Gasteiger partial charge in [0, 0.05) is 0 Å². The first kappa shape index (κ1) is 20.3. The molecule has 0 saturated carbocycles. The molecule has 1 aliphatic rings. The van der Waals surface area contributed by atoms with Gasteiger partial charge < -0.3 is 4.52 Å². The third kappa shape index (κ3) is 4.06. The third-order valence-electron chi connectivity index (χ3n) is 2.38. The van der Waals surface area contributed by atoms with E-state index < -0.39 is 46.2 Å². The number of benzene rings is 1. The smallest absolute Gasteiger partial charge is 0.419 e. The van der Waals surface area contributed by atoms with Gasteiger partial charge in [-0.2, -0.15) is 39.3 Å². The molecule has 3 unspecified atom stereocenters. The number of alkyl halides is 6. The molecule has 0 radical (unpaired) electrons. The van der Waals surface area contributed by atoms with E-state index in [0.29, 0.717) is 24.3 Å². The topological polar surface area (TPSA) is 46.3 Å². The van der Waals surface area contributed by atoms with E-state index in [0.717, 1.165) is 0 Å². The van der Waals surface area contributed by atoms with Crippen LogP contribution in [0.15, 0.2) is 37.8 Å². The SMILES string of the molecule is Fc1ccc(OP2(F)=NP(F)(C(F)(F)F)=NP(F)(C(F)(F)F)=N2)cc1. The summed E-state index contributed by atoms with van der Waals surface area (Å²) in [6.07, 6.45) is 0. The maximum Gasteiger partial charge on any atom is 0.472 e. The zero-order valence-corrected chi connectivity index (χ0v) is 13.9. The molecule has 25 heavy (non-hydrogen) atoms. The van der Waals surface area contributed by atoms with Gasteiger partial charge in [-0.15, -0.1) is 13.2 Å². The van der Waals surface area contributed by atoms with Gasteiger partial charge in [0.2, 0.25) is 0 Å². The van der Waals surface area contributed by atoms with Gasteiger partial charge in [-0.05, 0) is 24.3 Å². The van der Waals surface area contributed by atoms with Crippen LogP contribution in [-0.2, 0) is 0 Å². The fraction of sp³-hybridized carbons (Fsp3) is 0.250. The minimum absolute atomic E-state index is 0.603. The average molecular weight is 441 g/mol. The van der Waals surface area contributed by atoms with Crippen LogP contribution in [0.2, 0.25) is 0 Å². The molecule has 0 N–H and O–H groups in total. The summed E-state index contributed by atoms with van der Waals surface area (Å²) in [7, 11) is -20.0.